The Kier molecular flexibility index (Phi) is 53.4. The molecule has 0 aliphatic heterocycles. The van der Waals surface area contributed by atoms with Crippen LogP contribution >= 0.6 is 0 Å². The minimum atomic E-state index is -0.0802. The molecule has 1 N–H and O–H groups in total. The third-order valence-corrected chi connectivity index (χ3v) is 12.7. The maximum Gasteiger partial charge on any atom is 0.305 e. The summed E-state index contributed by atoms with van der Waals surface area (Å²) in [4.78, 5) is 41.9. The van der Waals surface area contributed by atoms with Crippen LogP contribution in [-0.2, 0) is 28.6 Å². The normalized spacial score (nSPS) is 11.9. The summed E-state index contributed by atoms with van der Waals surface area (Å²) >= 11 is 0. The van der Waals surface area contributed by atoms with Crippen LogP contribution in [0, 0.1) is 0 Å². The fourth-order valence-electron chi connectivity index (χ4n) is 8.28. The quantitative estimate of drug-likeness (QED) is 0.0276. The third-order valence-electron chi connectivity index (χ3n) is 12.7. The molecular formula is C59H110N2O7. The number of aliphatic hydroxyl groups excluding tert-OH is 1. The van der Waals surface area contributed by atoms with Crippen LogP contribution < -0.4 is 0 Å². The molecule has 0 aromatic carbocycles. The van der Waals surface area contributed by atoms with Gasteiger partial charge in [-0.2, -0.15) is 0 Å². The molecule has 68 heavy (non-hydrogen) atoms. The van der Waals surface area contributed by atoms with Crippen LogP contribution in [0.3, 0.4) is 0 Å². The van der Waals surface area contributed by atoms with Gasteiger partial charge in [-0.3, -0.25) is 14.4 Å². The highest BCUT2D eigenvalue weighted by atomic mass is 16.5. The molecule has 9 nitrogen and oxygen atoms in total. The van der Waals surface area contributed by atoms with Crippen molar-refractivity contribution < 1.29 is 33.7 Å². The molecule has 0 aliphatic rings. The minimum Gasteiger partial charge on any atom is -0.466 e. The van der Waals surface area contributed by atoms with E-state index in [1.54, 1.807) is 0 Å². The van der Waals surface area contributed by atoms with Crippen molar-refractivity contribution in [2.75, 3.05) is 65.7 Å². The van der Waals surface area contributed by atoms with E-state index in [-0.39, 0.29) is 24.5 Å². The minimum absolute atomic E-state index is 0.0727. The molecule has 0 bridgehead atoms. The van der Waals surface area contributed by atoms with Gasteiger partial charge in [0, 0.05) is 25.8 Å². The van der Waals surface area contributed by atoms with Gasteiger partial charge in [0.2, 0.25) is 0 Å². The fourth-order valence-corrected chi connectivity index (χ4v) is 8.28. The molecule has 0 rings (SSSR count). The van der Waals surface area contributed by atoms with Gasteiger partial charge in [0.1, 0.15) is 0 Å². The number of nitrogens with zero attached hydrogens (tertiary/aromatic N) is 2. The maximum atomic E-state index is 12.4. The molecule has 9 heteroatoms. The molecule has 0 aliphatic carbocycles. The Bertz CT molecular complexity index is 1120. The molecular weight excluding hydrogens is 849 g/mol. The van der Waals surface area contributed by atoms with Crippen molar-refractivity contribution in [3.8, 4) is 0 Å². The highest BCUT2D eigenvalue weighted by Gasteiger charge is 2.11. The maximum absolute atomic E-state index is 12.4. The number of carbonyl (C=O) groups excluding carboxylic acids is 3. The van der Waals surface area contributed by atoms with Gasteiger partial charge in [-0.1, -0.05) is 154 Å². The number of rotatable bonds is 54. The highest BCUT2D eigenvalue weighted by Crippen LogP contribution is 2.13. The Morgan fingerprint density at radius 3 is 0.897 bits per heavy atom. The van der Waals surface area contributed by atoms with Crippen LogP contribution in [0.5, 0.6) is 0 Å². The number of hydrogen-bond donors (Lipinski definition) is 1. The van der Waals surface area contributed by atoms with Gasteiger partial charge in [0.05, 0.1) is 26.4 Å². The summed E-state index contributed by atoms with van der Waals surface area (Å²) in [5.41, 5.74) is 0. The molecule has 0 unspecified atom stereocenters. The third kappa shape index (κ3) is 51.4. The molecule has 0 saturated heterocycles. The second-order valence-corrected chi connectivity index (χ2v) is 19.3. The van der Waals surface area contributed by atoms with E-state index >= 15 is 0 Å². The van der Waals surface area contributed by atoms with E-state index in [2.05, 4.69) is 67.0 Å². The second kappa shape index (κ2) is 55.4. The summed E-state index contributed by atoms with van der Waals surface area (Å²) in [6.07, 6.45) is 53.4. The number of aliphatic hydroxyl groups is 1. The number of hydrogen-bond acceptors (Lipinski definition) is 9. The number of carbonyl (C=O) groups is 3. The van der Waals surface area contributed by atoms with E-state index in [1.165, 1.54) is 135 Å². The molecule has 0 aromatic rings. The van der Waals surface area contributed by atoms with E-state index in [1.807, 2.05) is 0 Å². The molecule has 0 spiro atoms. The molecule has 0 amide bonds. The van der Waals surface area contributed by atoms with Crippen LogP contribution in [-0.4, -0.2) is 98.5 Å². The van der Waals surface area contributed by atoms with Gasteiger partial charge in [-0.15, -0.1) is 0 Å². The number of allylic oxidation sites excluding steroid dienone is 6. The summed E-state index contributed by atoms with van der Waals surface area (Å²) in [5.74, 6) is -0.226. The van der Waals surface area contributed by atoms with Crippen LogP contribution in [0.25, 0.3) is 0 Å². The zero-order valence-electron chi connectivity index (χ0n) is 45.0. The van der Waals surface area contributed by atoms with E-state index in [0.717, 1.165) is 116 Å². The Labute approximate surface area is 420 Å². The van der Waals surface area contributed by atoms with E-state index in [0.29, 0.717) is 45.6 Å². The Balaban J connectivity index is 4.52. The topological polar surface area (TPSA) is 106 Å². The van der Waals surface area contributed by atoms with Gasteiger partial charge < -0.3 is 29.1 Å². The Morgan fingerprint density at radius 1 is 0.324 bits per heavy atom. The molecule has 0 aromatic heterocycles. The summed E-state index contributed by atoms with van der Waals surface area (Å²) in [6, 6.07) is 0. The first-order valence-electron chi connectivity index (χ1n) is 28.9. The first-order valence-corrected chi connectivity index (χ1v) is 28.9. The van der Waals surface area contributed by atoms with Crippen molar-refractivity contribution in [2.24, 2.45) is 0 Å². The van der Waals surface area contributed by atoms with Gasteiger partial charge in [-0.25, -0.2) is 0 Å². The fraction of sp³-hybridized carbons (Fsp3) is 0.847. The largest absolute Gasteiger partial charge is 0.466 e. The summed E-state index contributed by atoms with van der Waals surface area (Å²) in [7, 11) is 0. The van der Waals surface area contributed by atoms with Crippen LogP contribution in [0.1, 0.15) is 258 Å². The molecule has 0 saturated carbocycles. The molecule has 0 atom stereocenters. The van der Waals surface area contributed by atoms with Gasteiger partial charge in [0.25, 0.3) is 0 Å². The van der Waals surface area contributed by atoms with Gasteiger partial charge in [0.15, 0.2) is 0 Å². The predicted octanol–water partition coefficient (Wildman–Crippen LogP) is 15.4. The van der Waals surface area contributed by atoms with E-state index in [9.17, 15) is 19.5 Å². The van der Waals surface area contributed by atoms with Crippen LogP contribution in [0.2, 0.25) is 0 Å². The first kappa shape index (κ1) is 65.5. The summed E-state index contributed by atoms with van der Waals surface area (Å²) in [6.45, 7) is 13.4. The summed E-state index contributed by atoms with van der Waals surface area (Å²) < 4.78 is 16.7. The smallest absolute Gasteiger partial charge is 0.305 e. The van der Waals surface area contributed by atoms with E-state index < -0.39 is 0 Å². The van der Waals surface area contributed by atoms with Crippen LogP contribution in [0.4, 0.5) is 0 Å². The van der Waals surface area contributed by atoms with Crippen molar-refractivity contribution in [3.63, 3.8) is 0 Å². The lowest BCUT2D eigenvalue weighted by Gasteiger charge is -2.25. The van der Waals surface area contributed by atoms with Gasteiger partial charge >= 0.3 is 17.9 Å². The first-order chi connectivity index (χ1) is 33.5. The second-order valence-electron chi connectivity index (χ2n) is 19.3. The van der Waals surface area contributed by atoms with Crippen molar-refractivity contribution in [2.45, 2.75) is 258 Å². The van der Waals surface area contributed by atoms with Crippen molar-refractivity contribution in [1.29, 1.82) is 0 Å². The van der Waals surface area contributed by atoms with E-state index in [4.69, 9.17) is 14.2 Å². The highest BCUT2D eigenvalue weighted by molar-refractivity contribution is 5.69. The molecule has 398 valence electrons. The lowest BCUT2D eigenvalue weighted by molar-refractivity contribution is -0.144. The number of unbranched alkanes of at least 4 members (excludes halogenated alkanes) is 24. The molecule has 0 heterocycles. The monoisotopic (exact) mass is 959 g/mol. The standard InChI is InChI=1S/C59H110N2O7/c1-4-7-10-13-16-19-22-25-28-31-34-44-57(63)66-54-40-37-47-60(48-38-41-55-67-58(64)45-35-32-29-26-23-20-17-14-11-8-5-2)50-43-51-61(52-53-62)49-39-42-56-68-59(65)46-36-33-30-27-24-21-18-15-12-9-6-3/h13-18,62H,4-12,19-56H2,1-3H3/b16-13?,17-14?,18-15-. The number of ether oxygens (including phenoxy) is 3. The zero-order valence-corrected chi connectivity index (χ0v) is 45.0. The SMILES string of the molecule is CCCCC=CCCCCCCCC(=O)OCCCCN(CCCCOC(=O)CCCCCCCC=CCCCC)CCCN(CCO)CCCCOC(=O)CCCCCCC/C=C\CCCC. The number of esters is 3. The van der Waals surface area contributed by atoms with Crippen LogP contribution in [0.15, 0.2) is 36.5 Å². The van der Waals surface area contributed by atoms with Crippen molar-refractivity contribution in [1.82, 2.24) is 9.80 Å². The lowest BCUT2D eigenvalue weighted by atomic mass is 10.1. The Hall–Kier alpha value is -2.49. The average molecular weight is 960 g/mol. The van der Waals surface area contributed by atoms with Crippen molar-refractivity contribution >= 4 is 17.9 Å². The molecule has 0 fully saturated rings. The molecule has 0 radical (unpaired) electrons. The van der Waals surface area contributed by atoms with Crippen molar-refractivity contribution in [3.05, 3.63) is 36.5 Å². The summed E-state index contributed by atoms with van der Waals surface area (Å²) in [5, 5.41) is 9.79. The lowest BCUT2D eigenvalue weighted by Crippen LogP contribution is -2.33. The average Bonchev–Trinajstić information content (AvgIpc) is 3.33. The van der Waals surface area contributed by atoms with Gasteiger partial charge in [-0.05, 0) is 155 Å². The predicted molar refractivity (Wildman–Crippen MR) is 288 cm³/mol. The Morgan fingerprint density at radius 2 is 0.588 bits per heavy atom. The zero-order chi connectivity index (χ0) is 49.5.